The van der Waals surface area contributed by atoms with Crippen LogP contribution in [0.1, 0.15) is 33.1 Å². The molecule has 0 spiro atoms. The van der Waals surface area contributed by atoms with E-state index in [9.17, 15) is 4.79 Å². The molecule has 1 amide bonds. The molecule has 0 bridgehead atoms. The van der Waals surface area contributed by atoms with Crippen molar-refractivity contribution < 1.29 is 4.79 Å². The Kier molecular flexibility index (Phi) is 6.42. The fraction of sp³-hybridized carbons (Fsp3) is 0.917. The van der Waals surface area contributed by atoms with Crippen molar-refractivity contribution >= 4 is 5.91 Å². The molecule has 0 aromatic rings. The Labute approximate surface area is 98.8 Å². The fourth-order valence-electron chi connectivity index (χ4n) is 2.12. The van der Waals surface area contributed by atoms with Crippen molar-refractivity contribution in [2.45, 2.75) is 39.2 Å². The van der Waals surface area contributed by atoms with Gasteiger partial charge in [0, 0.05) is 25.6 Å². The number of likely N-dealkylation sites (tertiary alicyclic amines) is 1. The molecule has 1 fully saturated rings. The summed E-state index contributed by atoms with van der Waals surface area (Å²) in [6.07, 6.45) is 3.19. The number of hydrogen-bond donors (Lipinski definition) is 2. The summed E-state index contributed by atoms with van der Waals surface area (Å²) in [5.41, 5.74) is 0. The van der Waals surface area contributed by atoms with Crippen LogP contribution in [0.2, 0.25) is 0 Å². The molecular formula is C12H25N3O. The highest BCUT2D eigenvalue weighted by atomic mass is 16.1. The maximum atomic E-state index is 11.5. The van der Waals surface area contributed by atoms with Crippen LogP contribution in [0.25, 0.3) is 0 Å². The van der Waals surface area contributed by atoms with Crippen molar-refractivity contribution in [3.05, 3.63) is 0 Å². The van der Waals surface area contributed by atoms with Gasteiger partial charge >= 0.3 is 0 Å². The van der Waals surface area contributed by atoms with E-state index in [1.54, 1.807) is 0 Å². The maximum absolute atomic E-state index is 11.5. The highest BCUT2D eigenvalue weighted by Crippen LogP contribution is 2.07. The molecule has 0 aliphatic carbocycles. The van der Waals surface area contributed by atoms with E-state index in [4.69, 9.17) is 0 Å². The second-order valence-electron chi connectivity index (χ2n) is 4.58. The molecule has 1 rings (SSSR count). The van der Waals surface area contributed by atoms with E-state index < -0.39 is 0 Å². The molecule has 1 unspecified atom stereocenters. The summed E-state index contributed by atoms with van der Waals surface area (Å²) in [5.74, 6) is 0.160. The number of rotatable bonds is 7. The van der Waals surface area contributed by atoms with Crippen LogP contribution >= 0.6 is 0 Å². The van der Waals surface area contributed by atoms with Crippen LogP contribution in [-0.2, 0) is 4.79 Å². The Balaban J connectivity index is 2.07. The van der Waals surface area contributed by atoms with Crippen LogP contribution in [0, 0.1) is 0 Å². The molecule has 0 aromatic carbocycles. The standard InChI is InChI=1S/C12H25N3O/c1-3-13-7-6-12(16)14-11(2)10-15-8-4-5-9-15/h11,13H,3-10H2,1-2H3,(H,14,16). The van der Waals surface area contributed by atoms with E-state index in [0.717, 1.165) is 19.6 Å². The lowest BCUT2D eigenvalue weighted by Crippen LogP contribution is -2.41. The molecular weight excluding hydrogens is 202 g/mol. The van der Waals surface area contributed by atoms with Gasteiger partial charge in [-0.25, -0.2) is 0 Å². The van der Waals surface area contributed by atoms with Gasteiger partial charge in [0.2, 0.25) is 5.91 Å². The monoisotopic (exact) mass is 227 g/mol. The number of carbonyl (C=O) groups is 1. The van der Waals surface area contributed by atoms with Crippen molar-refractivity contribution in [3.8, 4) is 0 Å². The smallest absolute Gasteiger partial charge is 0.221 e. The highest BCUT2D eigenvalue weighted by Gasteiger charge is 2.15. The van der Waals surface area contributed by atoms with Gasteiger partial charge in [-0.3, -0.25) is 4.79 Å². The molecule has 1 atom stereocenters. The van der Waals surface area contributed by atoms with E-state index in [1.807, 2.05) is 6.92 Å². The largest absolute Gasteiger partial charge is 0.352 e. The lowest BCUT2D eigenvalue weighted by Gasteiger charge is -2.21. The summed E-state index contributed by atoms with van der Waals surface area (Å²) in [7, 11) is 0. The number of amides is 1. The van der Waals surface area contributed by atoms with Crippen LogP contribution < -0.4 is 10.6 Å². The second kappa shape index (κ2) is 7.63. The molecule has 94 valence electrons. The summed E-state index contributed by atoms with van der Waals surface area (Å²) in [6.45, 7) is 9.22. The highest BCUT2D eigenvalue weighted by molar-refractivity contribution is 5.76. The van der Waals surface area contributed by atoms with Crippen LogP contribution in [0.3, 0.4) is 0 Å². The number of nitrogens with one attached hydrogen (secondary N) is 2. The number of carbonyl (C=O) groups excluding carboxylic acids is 1. The predicted octanol–water partition coefficient (Wildman–Crippen LogP) is 0.587. The Bertz CT molecular complexity index is 202. The van der Waals surface area contributed by atoms with Gasteiger partial charge in [-0.05, 0) is 39.4 Å². The van der Waals surface area contributed by atoms with E-state index in [-0.39, 0.29) is 11.9 Å². The Morgan fingerprint density at radius 1 is 1.38 bits per heavy atom. The van der Waals surface area contributed by atoms with E-state index in [0.29, 0.717) is 6.42 Å². The first-order chi connectivity index (χ1) is 7.72. The first-order valence-electron chi connectivity index (χ1n) is 6.44. The number of nitrogens with zero attached hydrogens (tertiary/aromatic N) is 1. The first-order valence-corrected chi connectivity index (χ1v) is 6.44. The number of hydrogen-bond acceptors (Lipinski definition) is 3. The maximum Gasteiger partial charge on any atom is 0.221 e. The summed E-state index contributed by atoms with van der Waals surface area (Å²) < 4.78 is 0. The van der Waals surface area contributed by atoms with Crippen molar-refractivity contribution in [2.24, 2.45) is 0 Å². The molecule has 16 heavy (non-hydrogen) atoms. The minimum atomic E-state index is 0.160. The molecule has 0 radical (unpaired) electrons. The molecule has 0 aromatic heterocycles. The third kappa shape index (κ3) is 5.47. The zero-order valence-corrected chi connectivity index (χ0v) is 10.6. The zero-order valence-electron chi connectivity index (χ0n) is 10.6. The molecule has 1 saturated heterocycles. The van der Waals surface area contributed by atoms with Gasteiger partial charge in [0.15, 0.2) is 0 Å². The average molecular weight is 227 g/mol. The topological polar surface area (TPSA) is 44.4 Å². The van der Waals surface area contributed by atoms with E-state index in [1.165, 1.54) is 25.9 Å². The van der Waals surface area contributed by atoms with Crippen LogP contribution in [-0.4, -0.2) is 49.6 Å². The van der Waals surface area contributed by atoms with Crippen molar-refractivity contribution in [1.82, 2.24) is 15.5 Å². The average Bonchev–Trinajstić information content (AvgIpc) is 2.70. The summed E-state index contributed by atoms with van der Waals surface area (Å²) in [4.78, 5) is 14.0. The minimum Gasteiger partial charge on any atom is -0.352 e. The first kappa shape index (κ1) is 13.5. The summed E-state index contributed by atoms with van der Waals surface area (Å²) >= 11 is 0. The molecule has 4 heteroatoms. The minimum absolute atomic E-state index is 0.160. The Morgan fingerprint density at radius 3 is 2.69 bits per heavy atom. The quantitative estimate of drug-likeness (QED) is 0.626. The fourth-order valence-corrected chi connectivity index (χ4v) is 2.12. The lowest BCUT2D eigenvalue weighted by molar-refractivity contribution is -0.121. The summed E-state index contributed by atoms with van der Waals surface area (Å²) in [6, 6.07) is 0.271. The zero-order chi connectivity index (χ0) is 11.8. The van der Waals surface area contributed by atoms with Gasteiger partial charge < -0.3 is 15.5 Å². The predicted molar refractivity (Wildman–Crippen MR) is 66.4 cm³/mol. The molecule has 4 nitrogen and oxygen atoms in total. The van der Waals surface area contributed by atoms with Crippen LogP contribution in [0.15, 0.2) is 0 Å². The molecule has 2 N–H and O–H groups in total. The van der Waals surface area contributed by atoms with Gasteiger partial charge in [0.25, 0.3) is 0 Å². The lowest BCUT2D eigenvalue weighted by atomic mass is 10.3. The van der Waals surface area contributed by atoms with Gasteiger partial charge in [-0.1, -0.05) is 6.92 Å². The molecule has 1 heterocycles. The normalized spacial score (nSPS) is 18.6. The van der Waals surface area contributed by atoms with E-state index >= 15 is 0 Å². The van der Waals surface area contributed by atoms with Crippen molar-refractivity contribution in [1.29, 1.82) is 0 Å². The molecule has 0 saturated carbocycles. The van der Waals surface area contributed by atoms with Gasteiger partial charge in [0.1, 0.15) is 0 Å². The van der Waals surface area contributed by atoms with E-state index in [2.05, 4.69) is 22.5 Å². The second-order valence-corrected chi connectivity index (χ2v) is 4.58. The molecule has 1 aliphatic rings. The SMILES string of the molecule is CCNCCC(=O)NC(C)CN1CCCC1. The van der Waals surface area contributed by atoms with Crippen LogP contribution in [0.4, 0.5) is 0 Å². The van der Waals surface area contributed by atoms with Crippen LogP contribution in [0.5, 0.6) is 0 Å². The van der Waals surface area contributed by atoms with Gasteiger partial charge in [0.05, 0.1) is 0 Å². The van der Waals surface area contributed by atoms with Crippen molar-refractivity contribution in [3.63, 3.8) is 0 Å². The van der Waals surface area contributed by atoms with Crippen molar-refractivity contribution in [2.75, 3.05) is 32.7 Å². The van der Waals surface area contributed by atoms with Gasteiger partial charge in [-0.15, -0.1) is 0 Å². The third-order valence-corrected chi connectivity index (χ3v) is 2.92. The Hall–Kier alpha value is -0.610. The summed E-state index contributed by atoms with van der Waals surface area (Å²) in [5, 5.41) is 6.20. The Morgan fingerprint density at radius 2 is 2.06 bits per heavy atom. The molecule has 1 aliphatic heterocycles. The van der Waals surface area contributed by atoms with Gasteiger partial charge in [-0.2, -0.15) is 0 Å². The third-order valence-electron chi connectivity index (χ3n) is 2.92.